The molecule has 4 heteroatoms. The first kappa shape index (κ1) is 16.4. The summed E-state index contributed by atoms with van der Waals surface area (Å²) in [5.74, 6) is 0.700. The smallest absolute Gasteiger partial charge is 0.258 e. The second kappa shape index (κ2) is 6.57. The van der Waals surface area contributed by atoms with Crippen molar-refractivity contribution in [3.05, 3.63) is 75.3 Å². The van der Waals surface area contributed by atoms with Crippen molar-refractivity contribution in [1.82, 2.24) is 14.9 Å². The molecule has 124 valence electrons. The van der Waals surface area contributed by atoms with Gasteiger partial charge in [0, 0.05) is 6.54 Å². The maximum Gasteiger partial charge on any atom is 0.258 e. The van der Waals surface area contributed by atoms with Crippen molar-refractivity contribution in [3.8, 4) is 0 Å². The zero-order valence-electron chi connectivity index (χ0n) is 14.6. The van der Waals surface area contributed by atoms with Gasteiger partial charge in [-0.05, 0) is 51.1 Å². The number of aromatic nitrogens is 2. The Kier molecular flexibility index (Phi) is 4.49. The zero-order chi connectivity index (χ0) is 17.3. The van der Waals surface area contributed by atoms with Crippen LogP contribution >= 0.6 is 0 Å². The van der Waals surface area contributed by atoms with E-state index >= 15 is 0 Å². The molecule has 1 atom stereocenters. The van der Waals surface area contributed by atoms with Crippen LogP contribution in [0.4, 0.5) is 0 Å². The highest BCUT2D eigenvalue weighted by molar-refractivity contribution is 5.77. The van der Waals surface area contributed by atoms with Gasteiger partial charge >= 0.3 is 0 Å². The number of hydrogen-bond acceptors (Lipinski definition) is 3. The number of hydrogen-bond donors (Lipinski definition) is 1. The number of benzene rings is 2. The summed E-state index contributed by atoms with van der Waals surface area (Å²) in [6.07, 6.45) is 0. The van der Waals surface area contributed by atoms with Gasteiger partial charge in [-0.2, -0.15) is 0 Å². The summed E-state index contributed by atoms with van der Waals surface area (Å²) >= 11 is 0. The van der Waals surface area contributed by atoms with E-state index in [1.165, 1.54) is 16.7 Å². The van der Waals surface area contributed by atoms with E-state index in [1.807, 2.05) is 18.2 Å². The lowest BCUT2D eigenvalue weighted by atomic mass is 10.0. The Morgan fingerprint density at radius 3 is 2.67 bits per heavy atom. The molecule has 0 bridgehead atoms. The molecule has 0 spiro atoms. The van der Waals surface area contributed by atoms with Crippen molar-refractivity contribution in [2.45, 2.75) is 33.4 Å². The molecule has 0 saturated carbocycles. The maximum absolute atomic E-state index is 12.3. The molecule has 0 aliphatic rings. The Balaban J connectivity index is 1.88. The van der Waals surface area contributed by atoms with E-state index in [2.05, 4.69) is 60.9 Å². The quantitative estimate of drug-likeness (QED) is 0.796. The van der Waals surface area contributed by atoms with E-state index in [0.717, 1.165) is 12.1 Å². The molecule has 0 unspecified atom stereocenters. The summed E-state index contributed by atoms with van der Waals surface area (Å²) in [6.45, 7) is 7.12. The first-order valence-corrected chi connectivity index (χ1v) is 8.21. The number of fused-ring (bicyclic) bond motifs is 1. The van der Waals surface area contributed by atoms with Gasteiger partial charge < -0.3 is 4.98 Å². The molecule has 0 aliphatic heterocycles. The van der Waals surface area contributed by atoms with Crippen LogP contribution in [0.15, 0.2) is 47.3 Å². The molecular weight excluding hydrogens is 298 g/mol. The third-order valence-corrected chi connectivity index (χ3v) is 4.61. The minimum atomic E-state index is -0.0811. The molecule has 1 aromatic heterocycles. The predicted molar refractivity (Wildman–Crippen MR) is 98.2 cm³/mol. The summed E-state index contributed by atoms with van der Waals surface area (Å²) in [4.78, 5) is 22.0. The van der Waals surface area contributed by atoms with E-state index in [-0.39, 0.29) is 11.6 Å². The van der Waals surface area contributed by atoms with Crippen LogP contribution in [0.2, 0.25) is 0 Å². The minimum Gasteiger partial charge on any atom is -0.309 e. The molecule has 2 aromatic carbocycles. The summed E-state index contributed by atoms with van der Waals surface area (Å²) in [6, 6.07) is 14.0. The molecule has 3 rings (SSSR count). The van der Waals surface area contributed by atoms with E-state index in [0.29, 0.717) is 11.2 Å². The van der Waals surface area contributed by atoms with Crippen molar-refractivity contribution >= 4 is 10.9 Å². The van der Waals surface area contributed by atoms with Crippen molar-refractivity contribution in [1.29, 1.82) is 0 Å². The van der Waals surface area contributed by atoms with Crippen LogP contribution in [-0.2, 0) is 6.54 Å². The van der Waals surface area contributed by atoms with Gasteiger partial charge in [0.05, 0.1) is 16.9 Å². The van der Waals surface area contributed by atoms with Crippen LogP contribution in [0.3, 0.4) is 0 Å². The Bertz CT molecular complexity index is 930. The van der Waals surface area contributed by atoms with E-state index in [9.17, 15) is 4.79 Å². The summed E-state index contributed by atoms with van der Waals surface area (Å²) in [5.41, 5.74) is 4.50. The van der Waals surface area contributed by atoms with Gasteiger partial charge in [0.25, 0.3) is 5.56 Å². The lowest BCUT2D eigenvalue weighted by molar-refractivity contribution is 0.243. The Morgan fingerprint density at radius 1 is 1.17 bits per heavy atom. The van der Waals surface area contributed by atoms with Gasteiger partial charge in [0.15, 0.2) is 0 Å². The highest BCUT2D eigenvalue weighted by atomic mass is 16.1. The molecule has 1 N–H and O–H groups in total. The van der Waals surface area contributed by atoms with Crippen molar-refractivity contribution in [2.75, 3.05) is 7.05 Å². The highest BCUT2D eigenvalue weighted by Gasteiger charge is 2.16. The zero-order valence-corrected chi connectivity index (χ0v) is 14.6. The first-order valence-electron chi connectivity index (χ1n) is 8.21. The number of aromatic amines is 1. The molecule has 1 heterocycles. The molecule has 24 heavy (non-hydrogen) atoms. The van der Waals surface area contributed by atoms with Crippen LogP contribution in [-0.4, -0.2) is 21.9 Å². The van der Waals surface area contributed by atoms with Crippen LogP contribution in [0.25, 0.3) is 10.9 Å². The molecule has 4 nitrogen and oxygen atoms in total. The third-order valence-electron chi connectivity index (χ3n) is 4.61. The largest absolute Gasteiger partial charge is 0.309 e. The Morgan fingerprint density at radius 2 is 1.92 bits per heavy atom. The number of rotatable bonds is 4. The summed E-state index contributed by atoms with van der Waals surface area (Å²) in [7, 11) is 2.05. The first-order chi connectivity index (χ1) is 11.5. The van der Waals surface area contributed by atoms with Crippen molar-refractivity contribution in [3.63, 3.8) is 0 Å². The Labute approximate surface area is 142 Å². The van der Waals surface area contributed by atoms with Gasteiger partial charge in [-0.15, -0.1) is 0 Å². The van der Waals surface area contributed by atoms with Crippen LogP contribution < -0.4 is 5.56 Å². The average Bonchev–Trinajstić information content (AvgIpc) is 2.56. The highest BCUT2D eigenvalue weighted by Crippen LogP contribution is 2.20. The standard InChI is InChI=1S/C20H23N3O/c1-13-9-10-16(14(2)11-13)12-23(4)15(3)19-21-18-8-6-5-7-17(18)20(24)22-19/h5-11,15H,12H2,1-4H3,(H,21,22,24)/t15-/m0/s1. The topological polar surface area (TPSA) is 49.0 Å². The van der Waals surface area contributed by atoms with Gasteiger partial charge in [-0.25, -0.2) is 4.98 Å². The molecule has 0 saturated heterocycles. The number of aryl methyl sites for hydroxylation is 2. The molecule has 0 amide bonds. The second-order valence-electron chi connectivity index (χ2n) is 6.49. The van der Waals surface area contributed by atoms with Crippen LogP contribution in [0.1, 0.15) is 35.5 Å². The van der Waals surface area contributed by atoms with Gasteiger partial charge in [-0.1, -0.05) is 35.9 Å². The Hall–Kier alpha value is -2.46. The number of H-pyrrole nitrogens is 1. The molecular formula is C20H23N3O. The molecule has 0 aliphatic carbocycles. The summed E-state index contributed by atoms with van der Waals surface area (Å²) < 4.78 is 0. The van der Waals surface area contributed by atoms with Gasteiger partial charge in [0.1, 0.15) is 5.82 Å². The molecule has 0 radical (unpaired) electrons. The average molecular weight is 321 g/mol. The second-order valence-corrected chi connectivity index (χ2v) is 6.49. The van der Waals surface area contributed by atoms with Crippen molar-refractivity contribution < 1.29 is 0 Å². The number of nitrogens with one attached hydrogen (secondary N) is 1. The van der Waals surface area contributed by atoms with E-state index in [1.54, 1.807) is 6.07 Å². The lowest BCUT2D eigenvalue weighted by Crippen LogP contribution is -2.26. The normalized spacial score (nSPS) is 12.7. The van der Waals surface area contributed by atoms with E-state index < -0.39 is 0 Å². The fraction of sp³-hybridized carbons (Fsp3) is 0.300. The fourth-order valence-corrected chi connectivity index (χ4v) is 2.94. The molecule has 3 aromatic rings. The number of para-hydroxylation sites is 1. The van der Waals surface area contributed by atoms with E-state index in [4.69, 9.17) is 0 Å². The number of nitrogens with zero attached hydrogens (tertiary/aromatic N) is 2. The van der Waals surface area contributed by atoms with Gasteiger partial charge in [-0.3, -0.25) is 9.69 Å². The fourth-order valence-electron chi connectivity index (χ4n) is 2.94. The minimum absolute atomic E-state index is 0.0167. The van der Waals surface area contributed by atoms with Crippen molar-refractivity contribution in [2.24, 2.45) is 0 Å². The lowest BCUT2D eigenvalue weighted by Gasteiger charge is -2.25. The monoisotopic (exact) mass is 321 g/mol. The molecule has 0 fully saturated rings. The van der Waals surface area contributed by atoms with Gasteiger partial charge in [0.2, 0.25) is 0 Å². The maximum atomic E-state index is 12.3. The SMILES string of the molecule is Cc1ccc(CN(C)[C@@H](C)c2nc3ccccc3c(=O)[nH]2)c(C)c1. The van der Waals surface area contributed by atoms with Crippen LogP contribution in [0, 0.1) is 13.8 Å². The third kappa shape index (κ3) is 3.24. The summed E-state index contributed by atoms with van der Waals surface area (Å²) in [5, 5.41) is 0.630. The van der Waals surface area contributed by atoms with Crippen LogP contribution in [0.5, 0.6) is 0 Å². The predicted octanol–water partition coefficient (Wildman–Crippen LogP) is 3.73.